The minimum Gasteiger partial charge on any atom is -0.486 e. The Morgan fingerprint density at radius 2 is 1.77 bits per heavy atom. The lowest BCUT2D eigenvalue weighted by molar-refractivity contribution is -0.140. The van der Waals surface area contributed by atoms with E-state index in [-0.39, 0.29) is 28.8 Å². The number of anilines is 1. The van der Waals surface area contributed by atoms with E-state index >= 15 is 0 Å². The van der Waals surface area contributed by atoms with Gasteiger partial charge in [0.1, 0.15) is 13.2 Å². The highest BCUT2D eigenvalue weighted by atomic mass is 32.2. The number of rotatable bonds is 9. The van der Waals surface area contributed by atoms with Gasteiger partial charge >= 0.3 is 5.97 Å². The van der Waals surface area contributed by atoms with Gasteiger partial charge in [-0.15, -0.1) is 0 Å². The van der Waals surface area contributed by atoms with Crippen molar-refractivity contribution >= 4 is 39.2 Å². The zero-order valence-electron chi connectivity index (χ0n) is 16.3. The second kappa shape index (κ2) is 9.86. The molecule has 2 aromatic carbocycles. The molecule has 1 N–H and O–H groups in total. The number of benzene rings is 2. The van der Waals surface area contributed by atoms with Crippen LogP contribution in [0.4, 0.5) is 5.69 Å². The van der Waals surface area contributed by atoms with Crippen LogP contribution in [-0.4, -0.2) is 52.0 Å². The molecule has 10 heteroatoms. The first kappa shape index (κ1) is 22.0. The lowest BCUT2D eigenvalue weighted by atomic mass is 10.1. The van der Waals surface area contributed by atoms with Crippen molar-refractivity contribution < 1.29 is 32.2 Å². The molecule has 0 radical (unpaired) electrons. The molecule has 3 rings (SSSR count). The maximum atomic E-state index is 12.6. The fourth-order valence-electron chi connectivity index (χ4n) is 2.63. The molecular formula is C20H21NO7S2. The van der Waals surface area contributed by atoms with Gasteiger partial charge in [-0.25, -0.2) is 8.42 Å². The van der Waals surface area contributed by atoms with E-state index in [1.807, 2.05) is 0 Å². The number of ketones is 1. The molecule has 1 heterocycles. The Bertz CT molecular complexity index is 1020. The number of nitrogens with one attached hydrogen (secondary N) is 1. The minimum absolute atomic E-state index is 0.0499. The van der Waals surface area contributed by atoms with E-state index in [1.165, 1.54) is 43.1 Å². The zero-order chi connectivity index (χ0) is 21.6. The minimum atomic E-state index is -3.83. The Morgan fingerprint density at radius 1 is 1.07 bits per heavy atom. The van der Waals surface area contributed by atoms with Gasteiger partial charge in [-0.1, -0.05) is 0 Å². The number of carbonyl (C=O) groups is 2. The highest BCUT2D eigenvalue weighted by Crippen LogP contribution is 2.32. The van der Waals surface area contributed by atoms with Crippen LogP contribution in [0.1, 0.15) is 16.8 Å². The molecule has 0 aliphatic carbocycles. The highest BCUT2D eigenvalue weighted by molar-refractivity contribution is 8.00. The van der Waals surface area contributed by atoms with Crippen molar-refractivity contribution in [3.63, 3.8) is 0 Å². The molecule has 0 bridgehead atoms. The van der Waals surface area contributed by atoms with Crippen molar-refractivity contribution in [2.24, 2.45) is 0 Å². The zero-order valence-corrected chi connectivity index (χ0v) is 17.9. The molecular weight excluding hydrogens is 430 g/mol. The van der Waals surface area contributed by atoms with Gasteiger partial charge in [0.15, 0.2) is 17.3 Å². The van der Waals surface area contributed by atoms with E-state index in [1.54, 1.807) is 18.2 Å². The molecule has 0 saturated heterocycles. The van der Waals surface area contributed by atoms with E-state index in [2.05, 4.69) is 9.46 Å². The standard InChI is InChI=1S/C20H21NO7S2/c1-26-20(23)8-11-29-13-17(22)14-2-4-15(5-3-14)21-30(24,25)16-6-7-18-19(12-16)28-10-9-27-18/h2-7,12,21H,8-11,13H2,1H3. The predicted molar refractivity (Wildman–Crippen MR) is 113 cm³/mol. The highest BCUT2D eigenvalue weighted by Gasteiger charge is 2.19. The van der Waals surface area contributed by atoms with Crippen LogP contribution in [0.15, 0.2) is 47.4 Å². The molecule has 0 spiro atoms. The van der Waals surface area contributed by atoms with Crippen LogP contribution < -0.4 is 14.2 Å². The Balaban J connectivity index is 1.59. The van der Waals surface area contributed by atoms with E-state index in [0.29, 0.717) is 41.7 Å². The summed E-state index contributed by atoms with van der Waals surface area (Å²) >= 11 is 1.34. The van der Waals surface area contributed by atoms with Gasteiger partial charge in [0.05, 0.1) is 24.2 Å². The van der Waals surface area contributed by atoms with Gasteiger partial charge in [0.2, 0.25) is 0 Å². The molecule has 0 amide bonds. The maximum Gasteiger partial charge on any atom is 0.306 e. The monoisotopic (exact) mass is 451 g/mol. The third kappa shape index (κ3) is 5.67. The largest absolute Gasteiger partial charge is 0.486 e. The molecule has 2 aromatic rings. The van der Waals surface area contributed by atoms with Crippen LogP contribution in [0, 0.1) is 0 Å². The average molecular weight is 452 g/mol. The van der Waals surface area contributed by atoms with Crippen molar-refractivity contribution in [2.45, 2.75) is 11.3 Å². The number of hydrogen-bond donors (Lipinski definition) is 1. The number of esters is 1. The van der Waals surface area contributed by atoms with Gasteiger partial charge in [-0.3, -0.25) is 14.3 Å². The van der Waals surface area contributed by atoms with Crippen molar-refractivity contribution in [2.75, 3.05) is 36.6 Å². The summed E-state index contributed by atoms with van der Waals surface area (Å²) < 4.78 is 43.2. The summed E-state index contributed by atoms with van der Waals surface area (Å²) in [6.07, 6.45) is 0.245. The van der Waals surface area contributed by atoms with E-state index in [9.17, 15) is 18.0 Å². The predicted octanol–water partition coefficient (Wildman–Crippen LogP) is 2.74. The summed E-state index contributed by atoms with van der Waals surface area (Å²) in [6.45, 7) is 0.784. The van der Waals surface area contributed by atoms with Gasteiger partial charge < -0.3 is 14.2 Å². The average Bonchev–Trinajstić information content (AvgIpc) is 2.76. The topological polar surface area (TPSA) is 108 Å². The Kier molecular flexibility index (Phi) is 7.22. The van der Waals surface area contributed by atoms with Crippen molar-refractivity contribution in [1.29, 1.82) is 0 Å². The molecule has 30 heavy (non-hydrogen) atoms. The fraction of sp³-hybridized carbons (Fsp3) is 0.300. The summed E-state index contributed by atoms with van der Waals surface area (Å²) in [5, 5.41) is 0. The number of thioether (sulfide) groups is 1. The molecule has 0 unspecified atom stereocenters. The number of carbonyl (C=O) groups excluding carboxylic acids is 2. The third-order valence-corrected chi connectivity index (χ3v) is 6.53. The summed E-state index contributed by atoms with van der Waals surface area (Å²) in [7, 11) is -2.51. The fourth-order valence-corrected chi connectivity index (χ4v) is 4.52. The van der Waals surface area contributed by atoms with Crippen LogP contribution in [-0.2, 0) is 19.6 Å². The van der Waals surface area contributed by atoms with Crippen LogP contribution in [0.2, 0.25) is 0 Å². The summed E-state index contributed by atoms with van der Waals surface area (Å²) in [5.74, 6) is 1.18. The van der Waals surface area contributed by atoms with Gasteiger partial charge in [-0.2, -0.15) is 11.8 Å². The summed E-state index contributed by atoms with van der Waals surface area (Å²) in [4.78, 5) is 23.3. The Hall–Kier alpha value is -2.72. The summed E-state index contributed by atoms with van der Waals surface area (Å²) in [6, 6.07) is 10.6. The van der Waals surface area contributed by atoms with Crippen LogP contribution in [0.3, 0.4) is 0 Å². The second-order valence-corrected chi connectivity index (χ2v) is 9.08. The summed E-state index contributed by atoms with van der Waals surface area (Å²) in [5.41, 5.74) is 0.794. The lowest BCUT2D eigenvalue weighted by Crippen LogP contribution is -2.17. The van der Waals surface area contributed by atoms with Gasteiger partial charge in [-0.05, 0) is 36.4 Å². The first-order valence-corrected chi connectivity index (χ1v) is 11.7. The smallest absolute Gasteiger partial charge is 0.306 e. The van der Waals surface area contributed by atoms with Crippen LogP contribution in [0.25, 0.3) is 0 Å². The normalized spacial score (nSPS) is 12.8. The van der Waals surface area contributed by atoms with Crippen LogP contribution >= 0.6 is 11.8 Å². The van der Waals surface area contributed by atoms with Gasteiger partial charge in [0.25, 0.3) is 10.0 Å². The molecule has 0 saturated carbocycles. The van der Waals surface area contributed by atoms with Gasteiger partial charge in [0, 0.05) is 23.1 Å². The molecule has 1 aliphatic heterocycles. The van der Waals surface area contributed by atoms with Crippen LogP contribution in [0.5, 0.6) is 11.5 Å². The third-order valence-electron chi connectivity index (χ3n) is 4.19. The number of ether oxygens (including phenoxy) is 3. The number of methoxy groups -OCH3 is 1. The Labute approximate surface area is 178 Å². The molecule has 160 valence electrons. The first-order chi connectivity index (χ1) is 14.4. The molecule has 1 aliphatic rings. The maximum absolute atomic E-state index is 12.6. The Morgan fingerprint density at radius 3 is 2.47 bits per heavy atom. The SMILES string of the molecule is COC(=O)CCSCC(=O)c1ccc(NS(=O)(=O)c2ccc3c(c2)OCCO3)cc1. The first-order valence-electron chi connectivity index (χ1n) is 9.09. The quantitative estimate of drug-likeness (QED) is 0.352. The van der Waals surface area contributed by atoms with E-state index in [4.69, 9.17) is 9.47 Å². The number of fused-ring (bicyclic) bond motifs is 1. The molecule has 8 nitrogen and oxygen atoms in total. The second-order valence-electron chi connectivity index (χ2n) is 6.29. The molecule has 0 fully saturated rings. The number of hydrogen-bond acceptors (Lipinski definition) is 8. The van der Waals surface area contributed by atoms with E-state index < -0.39 is 10.0 Å². The van der Waals surface area contributed by atoms with Crippen molar-refractivity contribution in [3.8, 4) is 11.5 Å². The lowest BCUT2D eigenvalue weighted by Gasteiger charge is -2.19. The van der Waals surface area contributed by atoms with Crippen molar-refractivity contribution in [3.05, 3.63) is 48.0 Å². The number of Topliss-reactive ketones (excluding diaryl/α,β-unsaturated/α-hetero) is 1. The van der Waals surface area contributed by atoms with E-state index in [0.717, 1.165) is 0 Å². The molecule has 0 atom stereocenters. The molecule has 0 aromatic heterocycles. The van der Waals surface area contributed by atoms with Crippen molar-refractivity contribution in [1.82, 2.24) is 0 Å². The number of sulfonamides is 1.